The molecule has 0 N–H and O–H groups in total. The van der Waals surface area contributed by atoms with Crippen molar-refractivity contribution >= 4 is 64.6 Å². The molecule has 0 saturated heterocycles. The second kappa shape index (κ2) is 4.23. The van der Waals surface area contributed by atoms with Gasteiger partial charge >= 0.3 is 0 Å². The standard InChI is InChI=1S/C26H14/c1-2-10-18-17(9-1)22-14-16-8-5-12-20-19-11-3-6-15-7-4-13-21(23(15)19)26(24(16)20)25(18)22/h1-14H. The zero-order valence-corrected chi connectivity index (χ0v) is 14.1. The van der Waals surface area contributed by atoms with Gasteiger partial charge in [0.1, 0.15) is 0 Å². The molecule has 0 amide bonds. The van der Waals surface area contributed by atoms with Gasteiger partial charge in [0.05, 0.1) is 0 Å². The monoisotopic (exact) mass is 326 g/mol. The maximum atomic E-state index is 2.38. The summed E-state index contributed by atoms with van der Waals surface area (Å²) in [6, 6.07) is 31.4. The molecule has 7 aromatic rings. The minimum Gasteiger partial charge on any atom is -0.0616 e. The largest absolute Gasteiger partial charge is 0.0616 e. The molecule has 0 saturated carbocycles. The van der Waals surface area contributed by atoms with Crippen LogP contribution in [0.15, 0.2) is 84.9 Å². The third-order valence-electron chi connectivity index (χ3n) is 6.12. The minimum absolute atomic E-state index is 1.33. The van der Waals surface area contributed by atoms with Crippen LogP contribution in [0.1, 0.15) is 0 Å². The molecule has 0 heteroatoms. The summed E-state index contributed by atoms with van der Waals surface area (Å²) in [5, 5.41) is 16.6. The summed E-state index contributed by atoms with van der Waals surface area (Å²) in [7, 11) is 0. The number of benzene rings is 6. The summed E-state index contributed by atoms with van der Waals surface area (Å²) in [6.07, 6.45) is 0. The Balaban J connectivity index is 1.96. The molecule has 0 fully saturated rings. The van der Waals surface area contributed by atoms with E-state index in [-0.39, 0.29) is 0 Å². The van der Waals surface area contributed by atoms with Crippen molar-refractivity contribution in [2.75, 3.05) is 0 Å². The van der Waals surface area contributed by atoms with E-state index in [1.54, 1.807) is 0 Å². The summed E-state index contributed by atoms with van der Waals surface area (Å²) in [5.74, 6) is 0. The fourth-order valence-electron chi connectivity index (χ4n) is 5.09. The summed E-state index contributed by atoms with van der Waals surface area (Å²) in [4.78, 5) is 0. The molecule has 26 heavy (non-hydrogen) atoms. The molecule has 0 nitrogen and oxygen atoms in total. The Morgan fingerprint density at radius 1 is 0.308 bits per heavy atom. The molecular formula is C26H14. The molecule has 0 aliphatic carbocycles. The van der Waals surface area contributed by atoms with Gasteiger partial charge in [0.15, 0.2) is 0 Å². The zero-order chi connectivity index (χ0) is 16.8. The van der Waals surface area contributed by atoms with Crippen molar-refractivity contribution in [1.29, 1.82) is 0 Å². The third-order valence-corrected chi connectivity index (χ3v) is 6.12. The lowest BCUT2D eigenvalue weighted by Crippen LogP contribution is -1.91. The number of hydrogen-bond acceptors (Lipinski definition) is 0. The van der Waals surface area contributed by atoms with E-state index in [9.17, 15) is 0 Å². The Morgan fingerprint density at radius 2 is 0.885 bits per heavy atom. The van der Waals surface area contributed by atoms with Crippen LogP contribution in [0.25, 0.3) is 64.6 Å². The van der Waals surface area contributed by atoms with Gasteiger partial charge in [0, 0.05) is 0 Å². The van der Waals surface area contributed by atoms with Crippen LogP contribution in [0.5, 0.6) is 0 Å². The quantitative estimate of drug-likeness (QED) is 0.200. The van der Waals surface area contributed by atoms with E-state index in [2.05, 4.69) is 84.9 Å². The van der Waals surface area contributed by atoms with E-state index in [0.29, 0.717) is 0 Å². The highest BCUT2D eigenvalue weighted by atomic mass is 14.2. The van der Waals surface area contributed by atoms with Crippen LogP contribution in [-0.4, -0.2) is 0 Å². The molecule has 0 aromatic heterocycles. The molecule has 118 valence electrons. The van der Waals surface area contributed by atoms with E-state index >= 15 is 0 Å². The average Bonchev–Trinajstić information content (AvgIpc) is 2.69. The van der Waals surface area contributed by atoms with Gasteiger partial charge < -0.3 is 0 Å². The topological polar surface area (TPSA) is 0 Å². The predicted octanol–water partition coefficient (Wildman–Crippen LogP) is 7.48. The Kier molecular flexibility index (Phi) is 2.10. The van der Waals surface area contributed by atoms with Crippen LogP contribution in [0, 0.1) is 0 Å². The average molecular weight is 326 g/mol. The van der Waals surface area contributed by atoms with E-state index in [0.717, 1.165) is 0 Å². The molecule has 7 aromatic carbocycles. The molecule has 0 bridgehead atoms. The highest BCUT2D eigenvalue weighted by Gasteiger charge is 2.19. The van der Waals surface area contributed by atoms with Gasteiger partial charge in [-0.15, -0.1) is 0 Å². The van der Waals surface area contributed by atoms with Crippen molar-refractivity contribution in [2.45, 2.75) is 0 Å². The lowest BCUT2D eigenvalue weighted by atomic mass is 9.83. The number of rotatable bonds is 0. The molecule has 0 aliphatic heterocycles. The summed E-state index contributed by atoms with van der Waals surface area (Å²) in [5.41, 5.74) is 0. The van der Waals surface area contributed by atoms with E-state index in [4.69, 9.17) is 0 Å². The van der Waals surface area contributed by atoms with Crippen molar-refractivity contribution in [1.82, 2.24) is 0 Å². The van der Waals surface area contributed by atoms with Crippen molar-refractivity contribution in [3.63, 3.8) is 0 Å². The molecule has 0 atom stereocenters. The van der Waals surface area contributed by atoms with Crippen molar-refractivity contribution in [3.05, 3.63) is 84.9 Å². The van der Waals surface area contributed by atoms with Crippen molar-refractivity contribution in [2.24, 2.45) is 0 Å². The maximum Gasteiger partial charge on any atom is -0.000763 e. The fraction of sp³-hybridized carbons (Fsp3) is 0. The van der Waals surface area contributed by atoms with E-state index in [1.807, 2.05) is 0 Å². The highest BCUT2D eigenvalue weighted by Crippen LogP contribution is 2.48. The van der Waals surface area contributed by atoms with E-state index < -0.39 is 0 Å². The van der Waals surface area contributed by atoms with Crippen molar-refractivity contribution in [3.8, 4) is 0 Å². The lowest BCUT2D eigenvalue weighted by molar-refractivity contribution is 1.79. The van der Waals surface area contributed by atoms with Crippen LogP contribution >= 0.6 is 0 Å². The molecule has 0 radical (unpaired) electrons. The summed E-state index contributed by atoms with van der Waals surface area (Å²) in [6.45, 7) is 0. The first-order valence-electron chi connectivity index (χ1n) is 9.14. The molecule has 0 spiro atoms. The zero-order valence-electron chi connectivity index (χ0n) is 14.1. The molecule has 0 aliphatic rings. The van der Waals surface area contributed by atoms with Gasteiger partial charge in [-0.05, 0) is 70.7 Å². The maximum absolute atomic E-state index is 2.38. The van der Waals surface area contributed by atoms with Crippen LogP contribution in [0.4, 0.5) is 0 Å². The Hall–Kier alpha value is -3.38. The molecule has 0 unspecified atom stereocenters. The van der Waals surface area contributed by atoms with Gasteiger partial charge in [-0.2, -0.15) is 0 Å². The van der Waals surface area contributed by atoms with Crippen LogP contribution in [0.3, 0.4) is 0 Å². The number of hydrogen-bond donors (Lipinski definition) is 0. The normalized spacial score (nSPS) is 12.6. The molecular weight excluding hydrogens is 312 g/mol. The molecule has 0 heterocycles. The van der Waals surface area contributed by atoms with Crippen LogP contribution in [0.2, 0.25) is 0 Å². The Bertz CT molecular complexity index is 1610. The lowest BCUT2D eigenvalue weighted by Gasteiger charge is -2.20. The smallest absolute Gasteiger partial charge is 0.000763 e. The fourth-order valence-corrected chi connectivity index (χ4v) is 5.09. The highest BCUT2D eigenvalue weighted by molar-refractivity contribution is 6.44. The van der Waals surface area contributed by atoms with Crippen LogP contribution in [-0.2, 0) is 0 Å². The second-order valence-electron chi connectivity index (χ2n) is 7.33. The van der Waals surface area contributed by atoms with Gasteiger partial charge in [-0.3, -0.25) is 0 Å². The van der Waals surface area contributed by atoms with E-state index in [1.165, 1.54) is 64.6 Å². The first-order valence-corrected chi connectivity index (χ1v) is 9.14. The van der Waals surface area contributed by atoms with Crippen molar-refractivity contribution < 1.29 is 0 Å². The number of fused-ring (bicyclic) bond motifs is 7. The molecule has 7 rings (SSSR count). The van der Waals surface area contributed by atoms with Gasteiger partial charge in [-0.1, -0.05) is 78.9 Å². The SMILES string of the molecule is c1ccc2c(c1)c1cc3cccc4c5cccc6cccc(c65)c(c34)c21. The van der Waals surface area contributed by atoms with Gasteiger partial charge in [0.2, 0.25) is 0 Å². The van der Waals surface area contributed by atoms with Gasteiger partial charge in [-0.25, -0.2) is 0 Å². The third kappa shape index (κ3) is 1.32. The Labute approximate surface area is 149 Å². The Morgan fingerprint density at radius 3 is 1.69 bits per heavy atom. The summed E-state index contributed by atoms with van der Waals surface area (Å²) < 4.78 is 0. The van der Waals surface area contributed by atoms with Crippen LogP contribution < -0.4 is 0 Å². The first kappa shape index (κ1) is 12.9. The minimum atomic E-state index is 1.33. The predicted molar refractivity (Wildman–Crippen MR) is 114 cm³/mol. The second-order valence-corrected chi connectivity index (χ2v) is 7.33. The first-order chi connectivity index (χ1) is 12.9. The van der Waals surface area contributed by atoms with Gasteiger partial charge in [0.25, 0.3) is 0 Å². The summed E-state index contributed by atoms with van der Waals surface area (Å²) >= 11 is 0.